The Balaban J connectivity index is 2.08. The van der Waals surface area contributed by atoms with E-state index in [0.29, 0.717) is 24.7 Å². The van der Waals surface area contributed by atoms with Crippen LogP contribution in [0.5, 0.6) is 0 Å². The Labute approximate surface area is 140 Å². The number of aliphatic hydroxyl groups excluding tert-OH is 2. The Morgan fingerprint density at radius 1 is 1.29 bits per heavy atom. The molecule has 0 fully saturated rings. The average molecular weight is 330 g/mol. The normalized spacial score (nSPS) is 17.4. The first-order valence-electron chi connectivity index (χ1n) is 7.96. The molecule has 3 rings (SSSR count). The van der Waals surface area contributed by atoms with Crippen LogP contribution >= 0.6 is 0 Å². The summed E-state index contributed by atoms with van der Waals surface area (Å²) in [6.07, 6.45) is 2.43. The molecule has 1 atom stereocenters. The van der Waals surface area contributed by atoms with Crippen molar-refractivity contribution in [1.82, 2.24) is 14.5 Å². The summed E-state index contributed by atoms with van der Waals surface area (Å²) in [5.41, 5.74) is 1.14. The SMILES string of the molecule is CC1(C)CN(CC(O)CO)c2nc(-c3ccncc3)cc(=O)n2C1. The zero-order valence-electron chi connectivity index (χ0n) is 13.9. The van der Waals surface area contributed by atoms with Crippen molar-refractivity contribution in [3.63, 3.8) is 0 Å². The Kier molecular flexibility index (Phi) is 4.38. The number of aromatic nitrogens is 3. The van der Waals surface area contributed by atoms with Crippen LogP contribution in [0.4, 0.5) is 5.95 Å². The number of pyridine rings is 1. The van der Waals surface area contributed by atoms with E-state index in [9.17, 15) is 9.90 Å². The monoisotopic (exact) mass is 330 g/mol. The average Bonchev–Trinajstić information content (AvgIpc) is 2.55. The number of nitrogens with zero attached hydrogens (tertiary/aromatic N) is 4. The van der Waals surface area contributed by atoms with Gasteiger partial charge in [-0.15, -0.1) is 0 Å². The van der Waals surface area contributed by atoms with Gasteiger partial charge in [0.25, 0.3) is 5.56 Å². The number of hydrogen-bond donors (Lipinski definition) is 2. The Bertz CT molecular complexity index is 773. The second-order valence-corrected chi connectivity index (χ2v) is 6.98. The van der Waals surface area contributed by atoms with Crippen LogP contribution in [0.3, 0.4) is 0 Å². The summed E-state index contributed by atoms with van der Waals surface area (Å²) in [4.78, 5) is 23.1. The molecule has 0 saturated heterocycles. The van der Waals surface area contributed by atoms with E-state index in [1.54, 1.807) is 29.1 Å². The molecule has 7 nitrogen and oxygen atoms in total. The first-order valence-corrected chi connectivity index (χ1v) is 7.96. The van der Waals surface area contributed by atoms with Gasteiger partial charge in [-0.2, -0.15) is 0 Å². The first kappa shape index (κ1) is 16.6. The van der Waals surface area contributed by atoms with E-state index in [1.807, 2.05) is 4.90 Å². The molecule has 0 spiro atoms. The molecule has 3 heterocycles. The zero-order chi connectivity index (χ0) is 17.3. The highest BCUT2D eigenvalue weighted by molar-refractivity contribution is 5.59. The van der Waals surface area contributed by atoms with Crippen molar-refractivity contribution in [3.05, 3.63) is 40.9 Å². The van der Waals surface area contributed by atoms with Gasteiger partial charge in [0.15, 0.2) is 0 Å². The van der Waals surface area contributed by atoms with Gasteiger partial charge in [-0.25, -0.2) is 4.98 Å². The quantitative estimate of drug-likeness (QED) is 0.848. The highest BCUT2D eigenvalue weighted by Gasteiger charge is 2.33. The molecule has 0 aromatic carbocycles. The van der Waals surface area contributed by atoms with Gasteiger partial charge < -0.3 is 15.1 Å². The first-order chi connectivity index (χ1) is 11.4. The highest BCUT2D eigenvalue weighted by Crippen LogP contribution is 2.30. The van der Waals surface area contributed by atoms with Gasteiger partial charge in [0.05, 0.1) is 18.4 Å². The van der Waals surface area contributed by atoms with Crippen LogP contribution in [-0.4, -0.2) is 50.5 Å². The lowest BCUT2D eigenvalue weighted by atomic mass is 9.91. The van der Waals surface area contributed by atoms with Gasteiger partial charge in [0.2, 0.25) is 5.95 Å². The third-order valence-electron chi connectivity index (χ3n) is 4.09. The lowest BCUT2D eigenvalue weighted by Crippen LogP contribution is -2.50. The van der Waals surface area contributed by atoms with Crippen molar-refractivity contribution in [1.29, 1.82) is 0 Å². The molecule has 1 aliphatic rings. The molecule has 1 aliphatic heterocycles. The van der Waals surface area contributed by atoms with E-state index in [0.717, 1.165) is 5.56 Å². The van der Waals surface area contributed by atoms with Crippen molar-refractivity contribution >= 4 is 5.95 Å². The maximum atomic E-state index is 12.6. The summed E-state index contributed by atoms with van der Waals surface area (Å²) in [7, 11) is 0. The molecule has 0 aliphatic carbocycles. The molecule has 0 saturated carbocycles. The molecule has 2 aromatic rings. The van der Waals surface area contributed by atoms with Crippen molar-refractivity contribution in [3.8, 4) is 11.3 Å². The molecule has 128 valence electrons. The second kappa shape index (κ2) is 6.33. The van der Waals surface area contributed by atoms with E-state index >= 15 is 0 Å². The van der Waals surface area contributed by atoms with E-state index in [2.05, 4.69) is 23.8 Å². The lowest BCUT2D eigenvalue weighted by molar-refractivity contribution is 0.0957. The molecule has 2 aromatic heterocycles. The van der Waals surface area contributed by atoms with Gasteiger partial charge in [0, 0.05) is 49.1 Å². The summed E-state index contributed by atoms with van der Waals surface area (Å²) in [6, 6.07) is 5.14. The standard InChI is InChI=1S/C17H22N4O3/c1-17(2)10-20(8-13(23)9-22)16-19-14(7-15(24)21(16)11-17)12-3-5-18-6-4-12/h3-7,13,22-23H,8-11H2,1-2H3. The molecular weight excluding hydrogens is 308 g/mol. The topological polar surface area (TPSA) is 91.5 Å². The second-order valence-electron chi connectivity index (χ2n) is 6.98. The smallest absolute Gasteiger partial charge is 0.255 e. The van der Waals surface area contributed by atoms with Crippen molar-refractivity contribution < 1.29 is 10.2 Å². The summed E-state index contributed by atoms with van der Waals surface area (Å²) in [5.74, 6) is 0.529. The minimum Gasteiger partial charge on any atom is -0.394 e. The van der Waals surface area contributed by atoms with E-state index in [1.165, 1.54) is 6.07 Å². The highest BCUT2D eigenvalue weighted by atomic mass is 16.3. The number of anilines is 1. The lowest BCUT2D eigenvalue weighted by Gasteiger charge is -2.41. The molecule has 2 N–H and O–H groups in total. The van der Waals surface area contributed by atoms with Gasteiger partial charge in [-0.1, -0.05) is 13.8 Å². The third-order valence-corrected chi connectivity index (χ3v) is 4.09. The minimum atomic E-state index is -0.881. The molecule has 0 bridgehead atoms. The predicted octanol–water partition coefficient (Wildman–Crippen LogP) is 0.505. The fourth-order valence-corrected chi connectivity index (χ4v) is 3.08. The maximum absolute atomic E-state index is 12.6. The molecular formula is C17H22N4O3. The largest absolute Gasteiger partial charge is 0.394 e. The minimum absolute atomic E-state index is 0.122. The Morgan fingerprint density at radius 3 is 2.67 bits per heavy atom. The third kappa shape index (κ3) is 3.32. The molecule has 0 amide bonds. The fraction of sp³-hybridized carbons (Fsp3) is 0.471. The molecule has 24 heavy (non-hydrogen) atoms. The number of aliphatic hydroxyl groups is 2. The van der Waals surface area contributed by atoms with Crippen molar-refractivity contribution in [2.24, 2.45) is 5.41 Å². The zero-order valence-corrected chi connectivity index (χ0v) is 13.9. The van der Waals surface area contributed by atoms with Crippen LogP contribution in [0.1, 0.15) is 13.8 Å². The maximum Gasteiger partial charge on any atom is 0.255 e. The van der Waals surface area contributed by atoms with Gasteiger partial charge in [-0.3, -0.25) is 14.3 Å². The van der Waals surface area contributed by atoms with Crippen molar-refractivity contribution in [2.45, 2.75) is 26.5 Å². The van der Waals surface area contributed by atoms with Crippen LogP contribution in [0.2, 0.25) is 0 Å². The van der Waals surface area contributed by atoms with Crippen molar-refractivity contribution in [2.75, 3.05) is 24.6 Å². The fourth-order valence-electron chi connectivity index (χ4n) is 3.08. The Morgan fingerprint density at radius 2 is 2.00 bits per heavy atom. The summed E-state index contributed by atoms with van der Waals surface area (Å²) >= 11 is 0. The number of β-amino-alcohol motifs (C(OH)–C–C–N with tert-alkyl or cyclic N) is 1. The molecule has 0 radical (unpaired) electrons. The molecule has 7 heteroatoms. The number of fused-ring (bicyclic) bond motifs is 1. The van der Waals surface area contributed by atoms with Gasteiger partial charge in [0.1, 0.15) is 0 Å². The van der Waals surface area contributed by atoms with E-state index in [4.69, 9.17) is 5.11 Å². The summed E-state index contributed by atoms with van der Waals surface area (Å²) in [5, 5.41) is 19.0. The van der Waals surface area contributed by atoms with Crippen LogP contribution < -0.4 is 10.5 Å². The van der Waals surface area contributed by atoms with Gasteiger partial charge >= 0.3 is 0 Å². The Hall–Kier alpha value is -2.25. The van der Waals surface area contributed by atoms with Crippen LogP contribution in [0.15, 0.2) is 35.4 Å². The van der Waals surface area contributed by atoms with Gasteiger partial charge in [-0.05, 0) is 12.1 Å². The van der Waals surface area contributed by atoms with Crippen LogP contribution in [0.25, 0.3) is 11.3 Å². The van der Waals surface area contributed by atoms with E-state index < -0.39 is 6.10 Å². The summed E-state index contributed by atoms with van der Waals surface area (Å²) < 4.78 is 1.64. The number of rotatable bonds is 4. The van der Waals surface area contributed by atoms with Crippen LogP contribution in [0, 0.1) is 5.41 Å². The molecule has 1 unspecified atom stereocenters. The predicted molar refractivity (Wildman–Crippen MR) is 90.8 cm³/mol. The summed E-state index contributed by atoms with van der Waals surface area (Å²) in [6.45, 7) is 5.25. The number of hydrogen-bond acceptors (Lipinski definition) is 6. The van der Waals surface area contributed by atoms with E-state index in [-0.39, 0.29) is 24.1 Å². The van der Waals surface area contributed by atoms with Crippen LogP contribution in [-0.2, 0) is 6.54 Å².